The highest BCUT2D eigenvalue weighted by Gasteiger charge is 2.15. The van der Waals surface area contributed by atoms with Crippen LogP contribution < -0.4 is 20.5 Å². The number of aryl methyl sites for hydroxylation is 1. The second-order valence-electron chi connectivity index (χ2n) is 5.64. The van der Waals surface area contributed by atoms with Crippen molar-refractivity contribution in [1.29, 1.82) is 0 Å². The second-order valence-corrected chi connectivity index (χ2v) is 5.64. The summed E-state index contributed by atoms with van der Waals surface area (Å²) in [7, 11) is 1.53. The molecule has 1 aromatic carbocycles. The third-order valence-electron chi connectivity index (χ3n) is 3.52. The van der Waals surface area contributed by atoms with Crippen molar-refractivity contribution in [1.82, 2.24) is 10.1 Å². The number of nitrogens with two attached hydrogens (primary N) is 1. The van der Waals surface area contributed by atoms with Crippen LogP contribution in [0.2, 0.25) is 0 Å². The first kappa shape index (κ1) is 18.6. The van der Waals surface area contributed by atoms with E-state index < -0.39 is 5.91 Å². The lowest BCUT2D eigenvalue weighted by Crippen LogP contribution is -2.20. The molecule has 2 aromatic rings. The van der Waals surface area contributed by atoms with Gasteiger partial charge in [0, 0.05) is 18.2 Å². The molecule has 25 heavy (non-hydrogen) atoms. The van der Waals surface area contributed by atoms with E-state index in [2.05, 4.69) is 22.4 Å². The Labute approximate surface area is 146 Å². The molecule has 1 amide bonds. The Balaban J connectivity index is 2.06. The van der Waals surface area contributed by atoms with E-state index in [1.807, 2.05) is 13.0 Å². The monoisotopic (exact) mass is 348 g/mol. The molecule has 136 valence electrons. The van der Waals surface area contributed by atoms with Gasteiger partial charge in [0.1, 0.15) is 6.04 Å². The number of rotatable bonds is 10. The highest BCUT2D eigenvalue weighted by atomic mass is 16.5. The molecule has 8 heteroatoms. The number of benzene rings is 1. The first-order valence-corrected chi connectivity index (χ1v) is 8.21. The summed E-state index contributed by atoms with van der Waals surface area (Å²) in [5.41, 5.74) is 5.88. The van der Waals surface area contributed by atoms with Gasteiger partial charge in [0.2, 0.25) is 5.89 Å². The molecule has 0 radical (unpaired) electrons. The van der Waals surface area contributed by atoms with E-state index in [0.29, 0.717) is 23.2 Å². The Morgan fingerprint density at radius 1 is 1.40 bits per heavy atom. The average molecular weight is 348 g/mol. The fraction of sp³-hybridized carbons (Fsp3) is 0.471. The lowest BCUT2D eigenvalue weighted by Gasteiger charge is -2.14. The molecule has 2 rings (SSSR count). The third kappa shape index (κ3) is 5.37. The van der Waals surface area contributed by atoms with Gasteiger partial charge in [0.15, 0.2) is 23.9 Å². The quantitative estimate of drug-likeness (QED) is 0.678. The number of nitrogens with one attached hydrogen (secondary N) is 1. The van der Waals surface area contributed by atoms with E-state index >= 15 is 0 Å². The largest absolute Gasteiger partial charge is 0.493 e. The molecule has 3 N–H and O–H groups in total. The fourth-order valence-corrected chi connectivity index (χ4v) is 2.22. The van der Waals surface area contributed by atoms with Crippen LogP contribution in [-0.2, 0) is 11.2 Å². The summed E-state index contributed by atoms with van der Waals surface area (Å²) in [5, 5.41) is 7.25. The van der Waals surface area contributed by atoms with Gasteiger partial charge in [-0.15, -0.1) is 0 Å². The maximum atomic E-state index is 10.9. The number of unbranched alkanes of at least 4 members (excludes halogenated alkanes) is 1. The SMILES string of the molecule is CCCCc1noc(C(C)Nc2ccc(OC)c(OCC(N)=O)c2)n1. The average Bonchev–Trinajstić information content (AvgIpc) is 3.07. The van der Waals surface area contributed by atoms with Gasteiger partial charge in [0.25, 0.3) is 5.91 Å². The van der Waals surface area contributed by atoms with Crippen LogP contribution in [0.5, 0.6) is 11.5 Å². The van der Waals surface area contributed by atoms with Gasteiger partial charge in [-0.2, -0.15) is 4.98 Å². The minimum atomic E-state index is -0.556. The standard InChI is InChI=1S/C17H24N4O4/c1-4-5-6-16-20-17(25-21-16)11(2)19-12-7-8-13(23-3)14(9-12)24-10-15(18)22/h7-9,11,19H,4-6,10H2,1-3H3,(H2,18,22). The van der Waals surface area contributed by atoms with Gasteiger partial charge in [-0.1, -0.05) is 18.5 Å². The van der Waals surface area contributed by atoms with Crippen LogP contribution in [0.4, 0.5) is 5.69 Å². The van der Waals surface area contributed by atoms with Gasteiger partial charge >= 0.3 is 0 Å². The van der Waals surface area contributed by atoms with Gasteiger partial charge in [-0.25, -0.2) is 0 Å². The summed E-state index contributed by atoms with van der Waals surface area (Å²) in [6.07, 6.45) is 2.91. The second kappa shape index (κ2) is 8.91. The van der Waals surface area contributed by atoms with Crippen molar-refractivity contribution in [2.75, 3.05) is 19.0 Å². The normalized spacial score (nSPS) is 11.8. The highest BCUT2D eigenvalue weighted by Crippen LogP contribution is 2.31. The van der Waals surface area contributed by atoms with Crippen molar-refractivity contribution < 1.29 is 18.8 Å². The summed E-state index contributed by atoms with van der Waals surface area (Å²) in [6, 6.07) is 5.12. The van der Waals surface area contributed by atoms with Gasteiger partial charge in [-0.3, -0.25) is 4.79 Å². The van der Waals surface area contributed by atoms with Crippen LogP contribution in [0, 0.1) is 0 Å². The Kier molecular flexibility index (Phi) is 6.62. The summed E-state index contributed by atoms with van der Waals surface area (Å²) < 4.78 is 15.9. The zero-order chi connectivity index (χ0) is 18.2. The van der Waals surface area contributed by atoms with Crippen LogP contribution >= 0.6 is 0 Å². The summed E-state index contributed by atoms with van der Waals surface area (Å²) in [6.45, 7) is 3.82. The molecule has 1 unspecified atom stereocenters. The first-order valence-electron chi connectivity index (χ1n) is 8.21. The van der Waals surface area contributed by atoms with Crippen molar-refractivity contribution >= 4 is 11.6 Å². The van der Waals surface area contributed by atoms with E-state index in [1.165, 1.54) is 7.11 Å². The number of aromatic nitrogens is 2. The predicted molar refractivity (Wildman–Crippen MR) is 92.6 cm³/mol. The van der Waals surface area contributed by atoms with Crippen LogP contribution in [0.25, 0.3) is 0 Å². The van der Waals surface area contributed by atoms with Crippen LogP contribution in [0.15, 0.2) is 22.7 Å². The Morgan fingerprint density at radius 2 is 2.20 bits per heavy atom. The molecule has 1 aromatic heterocycles. The third-order valence-corrected chi connectivity index (χ3v) is 3.52. The lowest BCUT2D eigenvalue weighted by molar-refractivity contribution is -0.119. The molecule has 1 heterocycles. The highest BCUT2D eigenvalue weighted by molar-refractivity contribution is 5.75. The molecule has 8 nitrogen and oxygen atoms in total. The zero-order valence-corrected chi connectivity index (χ0v) is 14.7. The molecular formula is C17H24N4O4. The molecule has 0 saturated carbocycles. The number of carbonyl (C=O) groups is 1. The number of methoxy groups -OCH3 is 1. The smallest absolute Gasteiger partial charge is 0.255 e. The van der Waals surface area contributed by atoms with E-state index in [4.69, 9.17) is 19.7 Å². The molecule has 0 aliphatic heterocycles. The number of carbonyl (C=O) groups excluding carboxylic acids is 1. The molecule has 0 aliphatic carbocycles. The number of amides is 1. The number of anilines is 1. The molecule has 1 atom stereocenters. The van der Waals surface area contributed by atoms with E-state index in [0.717, 1.165) is 24.9 Å². The molecular weight excluding hydrogens is 324 g/mol. The lowest BCUT2D eigenvalue weighted by atomic mass is 10.2. The van der Waals surface area contributed by atoms with Crippen LogP contribution in [-0.4, -0.2) is 29.8 Å². The molecule has 0 fully saturated rings. The number of nitrogens with zero attached hydrogens (tertiary/aromatic N) is 2. The van der Waals surface area contributed by atoms with Crippen molar-refractivity contribution in [2.45, 2.75) is 39.2 Å². The Hall–Kier alpha value is -2.77. The zero-order valence-electron chi connectivity index (χ0n) is 14.7. The summed E-state index contributed by atoms with van der Waals surface area (Å²) >= 11 is 0. The molecule has 0 aliphatic rings. The van der Waals surface area contributed by atoms with Crippen molar-refractivity contribution in [2.24, 2.45) is 5.73 Å². The molecule has 0 saturated heterocycles. The van der Waals surface area contributed by atoms with Gasteiger partial charge < -0.3 is 25.0 Å². The topological polar surface area (TPSA) is 113 Å². The van der Waals surface area contributed by atoms with E-state index in [1.54, 1.807) is 12.1 Å². The number of hydrogen-bond donors (Lipinski definition) is 2. The van der Waals surface area contributed by atoms with Crippen molar-refractivity contribution in [3.05, 3.63) is 29.9 Å². The maximum Gasteiger partial charge on any atom is 0.255 e. The Morgan fingerprint density at radius 3 is 2.88 bits per heavy atom. The summed E-state index contributed by atoms with van der Waals surface area (Å²) in [4.78, 5) is 15.3. The minimum absolute atomic E-state index is 0.180. The predicted octanol–water partition coefficient (Wildman–Crippen LogP) is 2.46. The Bertz CT molecular complexity index is 702. The summed E-state index contributed by atoms with van der Waals surface area (Å²) in [5.74, 6) is 1.61. The molecule has 0 bridgehead atoms. The molecule has 0 spiro atoms. The van der Waals surface area contributed by atoms with Gasteiger partial charge in [0.05, 0.1) is 7.11 Å². The van der Waals surface area contributed by atoms with Gasteiger partial charge in [-0.05, 0) is 25.5 Å². The number of ether oxygens (including phenoxy) is 2. The van der Waals surface area contributed by atoms with Crippen LogP contribution in [0.1, 0.15) is 44.4 Å². The number of hydrogen-bond acceptors (Lipinski definition) is 7. The number of primary amides is 1. The van der Waals surface area contributed by atoms with E-state index in [9.17, 15) is 4.79 Å². The van der Waals surface area contributed by atoms with E-state index in [-0.39, 0.29) is 12.6 Å². The fourth-order valence-electron chi connectivity index (χ4n) is 2.22. The van der Waals surface area contributed by atoms with Crippen molar-refractivity contribution in [3.8, 4) is 11.5 Å². The maximum absolute atomic E-state index is 10.9. The van der Waals surface area contributed by atoms with Crippen molar-refractivity contribution in [3.63, 3.8) is 0 Å². The minimum Gasteiger partial charge on any atom is -0.493 e. The first-order chi connectivity index (χ1) is 12.0. The van der Waals surface area contributed by atoms with Crippen LogP contribution in [0.3, 0.4) is 0 Å².